The third kappa shape index (κ3) is 72.7. The summed E-state index contributed by atoms with van der Waals surface area (Å²) in [5, 5.41) is 9.76. The summed E-state index contributed by atoms with van der Waals surface area (Å²) in [5.41, 5.74) is 0. The zero-order chi connectivity index (χ0) is 66.1. The Morgan fingerprint density at radius 1 is 0.341 bits per heavy atom. The number of carboxylic acid groups (broad SMARTS) is 1. The summed E-state index contributed by atoms with van der Waals surface area (Å²) in [6, 6.07) is 0. The summed E-state index contributed by atoms with van der Waals surface area (Å²) in [6.07, 6.45) is 100.0. The fourth-order valence-electron chi connectivity index (χ4n) is 10.2. The smallest absolute Gasteiger partial charge is 0.361 e. The first-order valence-electron chi connectivity index (χ1n) is 37.3. The summed E-state index contributed by atoms with van der Waals surface area (Å²) >= 11 is 0. The Balaban J connectivity index is 4.09. The van der Waals surface area contributed by atoms with Crippen molar-refractivity contribution in [3.05, 3.63) is 134 Å². The van der Waals surface area contributed by atoms with Gasteiger partial charge < -0.3 is 28.5 Å². The van der Waals surface area contributed by atoms with Crippen LogP contribution in [0.4, 0.5) is 0 Å². The second-order valence-electron chi connectivity index (χ2n) is 25.9. The maximum Gasteiger partial charge on any atom is 0.361 e. The fourth-order valence-corrected chi connectivity index (χ4v) is 10.2. The molecule has 9 nitrogen and oxygen atoms in total. The molecule has 0 aromatic rings. The van der Waals surface area contributed by atoms with Crippen LogP contribution in [0.25, 0.3) is 0 Å². The molecule has 0 aromatic heterocycles. The van der Waals surface area contributed by atoms with Crippen LogP contribution in [0.1, 0.15) is 309 Å². The summed E-state index contributed by atoms with van der Waals surface area (Å²) in [4.78, 5) is 37.7. The Labute approximate surface area is 560 Å². The van der Waals surface area contributed by atoms with Crippen molar-refractivity contribution < 1.29 is 42.9 Å². The molecule has 0 aliphatic heterocycles. The van der Waals surface area contributed by atoms with E-state index in [1.54, 1.807) is 0 Å². The number of quaternary nitrogens is 1. The average Bonchev–Trinajstić information content (AvgIpc) is 3.53. The molecule has 0 aliphatic carbocycles. The Hall–Kier alpha value is -4.57. The van der Waals surface area contributed by atoms with Crippen molar-refractivity contribution in [2.75, 3.05) is 47.5 Å². The van der Waals surface area contributed by atoms with E-state index in [1.165, 1.54) is 173 Å². The summed E-state index contributed by atoms with van der Waals surface area (Å²) in [5.74, 6) is -2.00. The van der Waals surface area contributed by atoms with Crippen molar-refractivity contribution in [2.24, 2.45) is 0 Å². The van der Waals surface area contributed by atoms with Crippen molar-refractivity contribution >= 4 is 17.9 Å². The van der Waals surface area contributed by atoms with E-state index in [9.17, 15) is 19.5 Å². The van der Waals surface area contributed by atoms with E-state index in [0.29, 0.717) is 23.9 Å². The van der Waals surface area contributed by atoms with E-state index < -0.39 is 24.3 Å². The van der Waals surface area contributed by atoms with E-state index in [1.807, 2.05) is 21.1 Å². The molecular weight excluding hydrogens is 1130 g/mol. The predicted octanol–water partition coefficient (Wildman–Crippen LogP) is 23.7. The van der Waals surface area contributed by atoms with Crippen LogP contribution >= 0.6 is 0 Å². The number of rotatable bonds is 68. The number of unbranched alkanes of at least 4 members (excludes halogenated alkanes) is 31. The predicted molar refractivity (Wildman–Crippen MR) is 391 cm³/mol. The van der Waals surface area contributed by atoms with Gasteiger partial charge in [0.2, 0.25) is 0 Å². The number of carbonyl (C=O) groups is 3. The molecule has 0 spiro atoms. The summed E-state index contributed by atoms with van der Waals surface area (Å²) < 4.78 is 23.0. The lowest BCUT2D eigenvalue weighted by Gasteiger charge is -2.25. The average molecular weight is 1270 g/mol. The first-order chi connectivity index (χ1) is 44.6. The number of hydrogen-bond acceptors (Lipinski definition) is 7. The lowest BCUT2D eigenvalue weighted by atomic mass is 10.0. The van der Waals surface area contributed by atoms with Crippen LogP contribution in [0.15, 0.2) is 134 Å². The molecule has 0 saturated heterocycles. The molecule has 2 atom stereocenters. The topological polar surface area (TPSA) is 108 Å². The quantitative estimate of drug-likeness (QED) is 0.0211. The Morgan fingerprint density at radius 3 is 0.934 bits per heavy atom. The number of nitrogens with zero attached hydrogens (tertiary/aromatic N) is 1. The van der Waals surface area contributed by atoms with Gasteiger partial charge >= 0.3 is 17.9 Å². The Kier molecular flexibility index (Phi) is 67.7. The largest absolute Gasteiger partial charge is 0.477 e. The van der Waals surface area contributed by atoms with Crippen molar-refractivity contribution in [2.45, 2.75) is 322 Å². The van der Waals surface area contributed by atoms with Gasteiger partial charge in [-0.05, 0) is 116 Å². The fraction of sp³-hybridized carbons (Fsp3) is 0.695. The van der Waals surface area contributed by atoms with Gasteiger partial charge in [-0.15, -0.1) is 0 Å². The van der Waals surface area contributed by atoms with Gasteiger partial charge in [0.15, 0.2) is 6.10 Å². The molecule has 0 fully saturated rings. The Morgan fingerprint density at radius 2 is 0.626 bits per heavy atom. The van der Waals surface area contributed by atoms with Crippen molar-refractivity contribution in [1.82, 2.24) is 0 Å². The molecule has 9 heteroatoms. The maximum absolute atomic E-state index is 13.0. The van der Waals surface area contributed by atoms with Crippen LogP contribution in [-0.4, -0.2) is 87.4 Å². The highest BCUT2D eigenvalue weighted by molar-refractivity contribution is 5.71. The highest BCUT2D eigenvalue weighted by atomic mass is 16.7. The standard InChI is InChI=1S/C82H139NO8/c1-6-8-10-12-14-16-18-20-22-24-26-28-30-32-33-34-35-36-37-38-39-40-41-42-43-44-45-46-47-49-51-53-55-57-59-61-63-65-67-69-71-73-80(85)91-78(77-90-82(81(86)87)88-75-74-83(3,4)5)76-89-79(84)72-70-68-66-64-62-60-58-56-54-52-50-48-31-29-27-25-23-21-19-17-15-13-11-9-7-2/h8,10,14,16,19-22,25-28,32-33,35-36,38-39,41-42,44-45,78,82H,6-7,9,11-13,15,17-18,23-24,29-31,34,37,40,43,46-77H2,1-5H3/p+1/b10-8-,16-14-,21-19-,22-20-,27-25-,28-26-,33-32-,36-35-,39-38-,42-41-,45-44-. The van der Waals surface area contributed by atoms with Crippen molar-refractivity contribution in [3.8, 4) is 0 Å². The minimum Gasteiger partial charge on any atom is -0.477 e. The van der Waals surface area contributed by atoms with Gasteiger partial charge in [-0.1, -0.05) is 314 Å². The van der Waals surface area contributed by atoms with E-state index in [2.05, 4.69) is 148 Å². The third-order valence-electron chi connectivity index (χ3n) is 15.9. The number of allylic oxidation sites excluding steroid dienone is 22. The molecule has 520 valence electrons. The van der Waals surface area contributed by atoms with Crippen LogP contribution < -0.4 is 0 Å². The maximum atomic E-state index is 13.0. The molecule has 0 aliphatic rings. The molecular formula is C82H140NO8+. The van der Waals surface area contributed by atoms with E-state index >= 15 is 0 Å². The van der Waals surface area contributed by atoms with E-state index in [0.717, 1.165) is 103 Å². The Bertz CT molecular complexity index is 1960. The molecule has 0 amide bonds. The summed E-state index contributed by atoms with van der Waals surface area (Å²) in [6.45, 7) is 4.77. The molecule has 0 aromatic carbocycles. The van der Waals surface area contributed by atoms with Crippen LogP contribution in [0.5, 0.6) is 0 Å². The highest BCUT2D eigenvalue weighted by Gasteiger charge is 2.25. The van der Waals surface area contributed by atoms with Crippen LogP contribution in [-0.2, 0) is 33.3 Å². The molecule has 2 unspecified atom stereocenters. The van der Waals surface area contributed by atoms with Gasteiger partial charge in [0.25, 0.3) is 6.29 Å². The zero-order valence-electron chi connectivity index (χ0n) is 59.5. The second kappa shape index (κ2) is 71.3. The highest BCUT2D eigenvalue weighted by Crippen LogP contribution is 2.17. The first-order valence-corrected chi connectivity index (χ1v) is 37.3. The molecule has 0 radical (unpaired) electrons. The SMILES string of the molecule is CC/C=C\C/C=C\C/C=C\C/C=C\C/C=C\C/C=C\C/C=C\C/C=C\C/C=C\CCCCCCCCCCCCCCCC(=O)OC(COC(=O)CCCCCCCCCCCCCCC/C=C\C/C=C\CCCCCCC)COC(OCC[N+](C)(C)C)C(=O)O. The number of hydrogen-bond donors (Lipinski definition) is 1. The molecule has 91 heavy (non-hydrogen) atoms. The van der Waals surface area contributed by atoms with Crippen molar-refractivity contribution in [1.29, 1.82) is 0 Å². The zero-order valence-corrected chi connectivity index (χ0v) is 59.5. The monoisotopic (exact) mass is 1270 g/mol. The number of ether oxygens (including phenoxy) is 4. The van der Waals surface area contributed by atoms with Gasteiger partial charge in [0.1, 0.15) is 13.2 Å². The van der Waals surface area contributed by atoms with E-state index in [4.69, 9.17) is 18.9 Å². The lowest BCUT2D eigenvalue weighted by Crippen LogP contribution is -2.40. The first kappa shape index (κ1) is 86.4. The van der Waals surface area contributed by atoms with Gasteiger partial charge in [-0.25, -0.2) is 4.79 Å². The van der Waals surface area contributed by atoms with Crippen LogP contribution in [0, 0.1) is 0 Å². The minimum atomic E-state index is -1.52. The third-order valence-corrected chi connectivity index (χ3v) is 15.9. The van der Waals surface area contributed by atoms with Gasteiger partial charge in [-0.2, -0.15) is 0 Å². The molecule has 0 heterocycles. The number of esters is 2. The molecule has 0 rings (SSSR count). The molecule has 0 saturated carbocycles. The van der Waals surface area contributed by atoms with Crippen LogP contribution in [0.3, 0.4) is 0 Å². The number of aliphatic carboxylic acids is 1. The van der Waals surface area contributed by atoms with Gasteiger partial charge in [0, 0.05) is 12.8 Å². The van der Waals surface area contributed by atoms with Gasteiger partial charge in [-0.3, -0.25) is 9.59 Å². The normalized spacial score (nSPS) is 13.5. The van der Waals surface area contributed by atoms with Crippen molar-refractivity contribution in [3.63, 3.8) is 0 Å². The van der Waals surface area contributed by atoms with Gasteiger partial charge in [0.05, 0.1) is 34.4 Å². The lowest BCUT2D eigenvalue weighted by molar-refractivity contribution is -0.870. The van der Waals surface area contributed by atoms with E-state index in [-0.39, 0.29) is 32.2 Å². The molecule has 1 N–H and O–H groups in total. The number of carboxylic acids is 1. The second-order valence-corrected chi connectivity index (χ2v) is 25.9. The number of likely N-dealkylation sites (N-methyl/N-ethyl adjacent to an activating group) is 1. The van der Waals surface area contributed by atoms with Crippen LogP contribution in [0.2, 0.25) is 0 Å². The molecule has 0 bridgehead atoms. The number of carbonyl (C=O) groups excluding carboxylic acids is 2. The summed E-state index contributed by atoms with van der Waals surface area (Å²) in [7, 11) is 5.98. The minimum absolute atomic E-state index is 0.183.